The van der Waals surface area contributed by atoms with E-state index in [0.717, 1.165) is 57.4 Å². The highest BCUT2D eigenvalue weighted by atomic mass is 35.5. The number of rotatable bonds is 11. The Labute approximate surface area is 212 Å². The normalized spacial score (nSPS) is 20.7. The average molecular weight is 511 g/mol. The molecule has 0 radical (unpaired) electrons. The number of amides is 3. The lowest BCUT2D eigenvalue weighted by molar-refractivity contribution is -0.00855. The highest BCUT2D eigenvalue weighted by Crippen LogP contribution is 2.34. The standard InChI is InChI=1S/C25H39ClN4O5/c1-27-16-22(14-18-7-11-34-12-8-18)29-24(31)30-10-3-5-20(17-30)23(35-13-9-28-25(32)33)19-4-2-6-21(26)15-19/h2,4,6,15,18,20,22-23,27-28H,3,5,7-14,16-17H2,1H3,(H,29,31)(H,32,33)/t20-,22+,23+/m1/s1. The van der Waals surface area contributed by atoms with E-state index < -0.39 is 6.09 Å². The molecular weight excluding hydrogens is 472 g/mol. The van der Waals surface area contributed by atoms with Crippen LogP contribution in [0.4, 0.5) is 9.59 Å². The fraction of sp³-hybridized carbons (Fsp3) is 0.680. The molecule has 3 atom stereocenters. The number of hydrogen-bond acceptors (Lipinski definition) is 5. The number of benzene rings is 1. The zero-order valence-electron chi connectivity index (χ0n) is 20.5. The lowest BCUT2D eigenvalue weighted by Gasteiger charge is -2.38. The largest absolute Gasteiger partial charge is 0.465 e. The van der Waals surface area contributed by atoms with Crippen LogP contribution in [0.25, 0.3) is 0 Å². The minimum absolute atomic E-state index is 0.0422. The van der Waals surface area contributed by atoms with E-state index in [1.807, 2.05) is 36.2 Å². The summed E-state index contributed by atoms with van der Waals surface area (Å²) in [5.41, 5.74) is 0.938. The van der Waals surface area contributed by atoms with Gasteiger partial charge in [-0.25, -0.2) is 9.59 Å². The highest BCUT2D eigenvalue weighted by Gasteiger charge is 2.32. The summed E-state index contributed by atoms with van der Waals surface area (Å²) in [5.74, 6) is 0.646. The Kier molecular flexibility index (Phi) is 11.4. The number of ether oxygens (including phenoxy) is 2. The minimum atomic E-state index is -1.08. The van der Waals surface area contributed by atoms with Gasteiger partial charge in [-0.15, -0.1) is 0 Å². The molecule has 1 aromatic rings. The van der Waals surface area contributed by atoms with Crippen LogP contribution in [0.3, 0.4) is 0 Å². The molecule has 4 N–H and O–H groups in total. The molecule has 196 valence electrons. The van der Waals surface area contributed by atoms with Crippen molar-refractivity contribution in [3.63, 3.8) is 0 Å². The van der Waals surface area contributed by atoms with Gasteiger partial charge in [0.25, 0.3) is 0 Å². The first-order valence-corrected chi connectivity index (χ1v) is 13.0. The fourth-order valence-corrected chi connectivity index (χ4v) is 5.26. The number of hydrogen-bond donors (Lipinski definition) is 4. The van der Waals surface area contributed by atoms with Crippen LogP contribution in [0.1, 0.15) is 43.8 Å². The van der Waals surface area contributed by atoms with E-state index in [2.05, 4.69) is 16.0 Å². The summed E-state index contributed by atoms with van der Waals surface area (Å²) in [4.78, 5) is 25.9. The van der Waals surface area contributed by atoms with Crippen LogP contribution in [0.5, 0.6) is 0 Å². The number of likely N-dealkylation sites (tertiary alicyclic amines) is 1. The van der Waals surface area contributed by atoms with Crippen molar-refractivity contribution in [3.8, 4) is 0 Å². The quantitative estimate of drug-likeness (QED) is 0.339. The Balaban J connectivity index is 1.62. The predicted molar refractivity (Wildman–Crippen MR) is 135 cm³/mol. The number of urea groups is 1. The van der Waals surface area contributed by atoms with Gasteiger partial charge in [0.2, 0.25) is 0 Å². The lowest BCUT2D eigenvalue weighted by atomic mass is 9.88. The van der Waals surface area contributed by atoms with Gasteiger partial charge in [-0.2, -0.15) is 0 Å². The van der Waals surface area contributed by atoms with E-state index in [4.69, 9.17) is 26.2 Å². The Morgan fingerprint density at radius 1 is 1.29 bits per heavy atom. The topological polar surface area (TPSA) is 112 Å². The summed E-state index contributed by atoms with van der Waals surface area (Å²) in [6, 6.07) is 7.58. The van der Waals surface area contributed by atoms with Crippen molar-refractivity contribution in [2.24, 2.45) is 11.8 Å². The fourth-order valence-electron chi connectivity index (χ4n) is 5.06. The molecule has 2 aliphatic rings. The minimum Gasteiger partial charge on any atom is -0.465 e. The van der Waals surface area contributed by atoms with Crippen LogP contribution in [0.15, 0.2) is 24.3 Å². The van der Waals surface area contributed by atoms with Gasteiger partial charge < -0.3 is 35.4 Å². The van der Waals surface area contributed by atoms with Gasteiger partial charge in [0.05, 0.1) is 12.7 Å². The van der Waals surface area contributed by atoms with Crippen molar-refractivity contribution in [1.82, 2.24) is 20.9 Å². The van der Waals surface area contributed by atoms with Crippen molar-refractivity contribution in [2.45, 2.75) is 44.2 Å². The highest BCUT2D eigenvalue weighted by molar-refractivity contribution is 6.30. The smallest absolute Gasteiger partial charge is 0.404 e. The van der Waals surface area contributed by atoms with Crippen molar-refractivity contribution in [3.05, 3.63) is 34.9 Å². The zero-order chi connectivity index (χ0) is 25.0. The number of carboxylic acid groups (broad SMARTS) is 1. The molecule has 0 aromatic heterocycles. The maximum absolute atomic E-state index is 13.2. The van der Waals surface area contributed by atoms with Crippen LogP contribution in [0.2, 0.25) is 5.02 Å². The molecule has 35 heavy (non-hydrogen) atoms. The SMILES string of the molecule is CNC[C@H](CC1CCOCC1)NC(=O)N1CCC[C@@H]([C@@H](OCCNC(=O)O)c2cccc(Cl)c2)C1. The van der Waals surface area contributed by atoms with Crippen LogP contribution in [0, 0.1) is 11.8 Å². The molecule has 0 aliphatic carbocycles. The van der Waals surface area contributed by atoms with E-state index >= 15 is 0 Å². The molecule has 0 saturated carbocycles. The molecule has 2 fully saturated rings. The van der Waals surface area contributed by atoms with Crippen LogP contribution in [-0.2, 0) is 9.47 Å². The van der Waals surface area contributed by atoms with Gasteiger partial charge in [0, 0.05) is 56.4 Å². The summed E-state index contributed by atoms with van der Waals surface area (Å²) in [7, 11) is 1.91. The summed E-state index contributed by atoms with van der Waals surface area (Å²) in [5, 5.41) is 18.3. The van der Waals surface area contributed by atoms with Crippen molar-refractivity contribution >= 4 is 23.7 Å². The molecule has 2 saturated heterocycles. The molecule has 0 bridgehead atoms. The Bertz CT molecular complexity index is 808. The van der Waals surface area contributed by atoms with E-state index in [1.54, 1.807) is 0 Å². The number of piperidine rings is 1. The summed E-state index contributed by atoms with van der Waals surface area (Å²) < 4.78 is 11.6. The first-order chi connectivity index (χ1) is 17.0. The molecule has 1 aromatic carbocycles. The Morgan fingerprint density at radius 2 is 2.09 bits per heavy atom. The van der Waals surface area contributed by atoms with Gasteiger partial charge >= 0.3 is 12.1 Å². The van der Waals surface area contributed by atoms with E-state index in [9.17, 15) is 9.59 Å². The Hall–Kier alpha value is -2.07. The van der Waals surface area contributed by atoms with Crippen molar-refractivity contribution in [2.75, 3.05) is 53.0 Å². The monoisotopic (exact) mass is 510 g/mol. The number of carbonyl (C=O) groups is 2. The second-order valence-electron chi connectivity index (χ2n) is 9.42. The van der Waals surface area contributed by atoms with Crippen LogP contribution >= 0.6 is 11.6 Å². The summed E-state index contributed by atoms with van der Waals surface area (Å²) >= 11 is 6.24. The molecule has 3 amide bonds. The molecule has 2 heterocycles. The summed E-state index contributed by atoms with van der Waals surface area (Å²) in [6.45, 7) is 4.03. The van der Waals surface area contributed by atoms with Gasteiger partial charge in [-0.1, -0.05) is 23.7 Å². The van der Waals surface area contributed by atoms with E-state index in [0.29, 0.717) is 24.0 Å². The van der Waals surface area contributed by atoms with Crippen molar-refractivity contribution in [1.29, 1.82) is 0 Å². The molecule has 9 nitrogen and oxygen atoms in total. The molecule has 0 spiro atoms. The van der Waals surface area contributed by atoms with Gasteiger partial charge in [0.1, 0.15) is 0 Å². The van der Waals surface area contributed by atoms with Crippen LogP contribution in [-0.4, -0.2) is 81.2 Å². The zero-order valence-corrected chi connectivity index (χ0v) is 21.3. The van der Waals surface area contributed by atoms with Gasteiger partial charge in [-0.3, -0.25) is 0 Å². The summed E-state index contributed by atoms with van der Waals surface area (Å²) in [6.07, 6.45) is 3.45. The molecule has 10 heteroatoms. The third-order valence-electron chi connectivity index (χ3n) is 6.76. The lowest BCUT2D eigenvalue weighted by Crippen LogP contribution is -2.52. The number of likely N-dealkylation sites (N-methyl/N-ethyl adjacent to an activating group) is 1. The molecule has 3 rings (SSSR count). The molecule has 0 unspecified atom stereocenters. The maximum atomic E-state index is 13.2. The van der Waals surface area contributed by atoms with Gasteiger partial charge in [-0.05, 0) is 62.8 Å². The second-order valence-corrected chi connectivity index (χ2v) is 9.86. The van der Waals surface area contributed by atoms with Gasteiger partial charge in [0.15, 0.2) is 0 Å². The third kappa shape index (κ3) is 9.14. The second kappa shape index (κ2) is 14.5. The first-order valence-electron chi connectivity index (χ1n) is 12.6. The maximum Gasteiger partial charge on any atom is 0.404 e. The number of nitrogens with zero attached hydrogens (tertiary/aromatic N) is 1. The van der Waals surface area contributed by atoms with E-state index in [1.165, 1.54) is 0 Å². The number of halogens is 1. The van der Waals surface area contributed by atoms with Crippen molar-refractivity contribution < 1.29 is 24.2 Å². The van der Waals surface area contributed by atoms with Crippen LogP contribution < -0.4 is 16.0 Å². The predicted octanol–water partition coefficient (Wildman–Crippen LogP) is 3.49. The molecular formula is C25H39ClN4O5. The number of nitrogens with one attached hydrogen (secondary N) is 3. The number of carbonyl (C=O) groups excluding carboxylic acids is 1. The van der Waals surface area contributed by atoms with E-state index in [-0.39, 0.29) is 37.2 Å². The Morgan fingerprint density at radius 3 is 2.80 bits per heavy atom. The average Bonchev–Trinajstić information content (AvgIpc) is 2.84. The first kappa shape index (κ1) is 27.5. The molecule has 2 aliphatic heterocycles. The third-order valence-corrected chi connectivity index (χ3v) is 7.00.